The minimum Gasteiger partial charge on any atom is -0.497 e. The van der Waals surface area contributed by atoms with Gasteiger partial charge in [0.15, 0.2) is 0 Å². The highest BCUT2D eigenvalue weighted by Gasteiger charge is 2.30. The Morgan fingerprint density at radius 2 is 1.79 bits per heavy atom. The molecule has 1 N–H and O–H groups in total. The Balaban J connectivity index is 1.69. The Morgan fingerprint density at radius 3 is 2.41 bits per heavy atom. The molecule has 7 nitrogen and oxygen atoms in total. The van der Waals surface area contributed by atoms with Crippen LogP contribution in [0.2, 0.25) is 0 Å². The Hall–Kier alpha value is -4.56. The van der Waals surface area contributed by atoms with Crippen molar-refractivity contribution in [1.82, 2.24) is 9.97 Å². The number of carbonyl (C=O) groups is 1. The van der Waals surface area contributed by atoms with Crippen LogP contribution in [0.15, 0.2) is 78.0 Å². The lowest BCUT2D eigenvalue weighted by atomic mass is 9.98. The van der Waals surface area contributed by atoms with Gasteiger partial charge in [-0.05, 0) is 36.4 Å². The van der Waals surface area contributed by atoms with Crippen molar-refractivity contribution >= 4 is 23.5 Å². The van der Waals surface area contributed by atoms with E-state index in [0.717, 1.165) is 29.5 Å². The molecular weight excluding hydrogens is 529 g/mol. The fourth-order valence-corrected chi connectivity index (χ4v) is 4.48. The molecule has 198 valence electrons. The highest BCUT2D eigenvalue weighted by molar-refractivity contribution is 8.00. The van der Waals surface area contributed by atoms with Gasteiger partial charge in [0, 0.05) is 22.9 Å². The summed E-state index contributed by atoms with van der Waals surface area (Å²) in [5.41, 5.74) is 1.82. The van der Waals surface area contributed by atoms with Gasteiger partial charge < -0.3 is 14.8 Å². The number of aromatic nitrogens is 2. The number of rotatable bonds is 8. The molecule has 4 aromatic rings. The monoisotopic (exact) mass is 550 g/mol. The number of pyridine rings is 2. The third kappa shape index (κ3) is 6.48. The maximum atomic E-state index is 12.8. The number of methoxy groups -OCH3 is 2. The highest BCUT2D eigenvalue weighted by atomic mass is 32.2. The summed E-state index contributed by atoms with van der Waals surface area (Å²) in [7, 11) is 3.05. The number of hydrogen-bond donors (Lipinski definition) is 1. The van der Waals surface area contributed by atoms with Crippen molar-refractivity contribution in [3.63, 3.8) is 0 Å². The molecule has 1 amide bonds. The summed E-state index contributed by atoms with van der Waals surface area (Å²) in [4.78, 5) is 20.9. The van der Waals surface area contributed by atoms with Crippen LogP contribution >= 0.6 is 11.8 Å². The van der Waals surface area contributed by atoms with E-state index in [1.54, 1.807) is 24.3 Å². The molecule has 0 saturated heterocycles. The number of nitrogens with one attached hydrogen (secondary N) is 1. The Labute approximate surface area is 226 Å². The average molecular weight is 551 g/mol. The molecule has 0 fully saturated rings. The summed E-state index contributed by atoms with van der Waals surface area (Å²) in [5.74, 6) is 0.354. The molecule has 2 aromatic carbocycles. The number of anilines is 1. The summed E-state index contributed by atoms with van der Waals surface area (Å²) in [6, 6.07) is 20.4. The number of ether oxygens (including phenoxy) is 2. The maximum absolute atomic E-state index is 12.8. The SMILES string of the molecule is COc1ccc(OC)c(-c2cc(-c3ccccc3)nc(SCC(=O)Nc3ccc(C(F)(F)F)cn3)c2C#N)c1. The molecule has 2 heterocycles. The quantitative estimate of drug-likeness (QED) is 0.252. The van der Waals surface area contributed by atoms with Crippen molar-refractivity contribution in [3.8, 4) is 40.0 Å². The van der Waals surface area contributed by atoms with E-state index in [1.807, 2.05) is 30.3 Å². The van der Waals surface area contributed by atoms with Gasteiger partial charge in [0.05, 0.1) is 36.8 Å². The molecule has 4 rings (SSSR count). The van der Waals surface area contributed by atoms with Crippen LogP contribution in [0, 0.1) is 11.3 Å². The highest BCUT2D eigenvalue weighted by Crippen LogP contribution is 2.40. The Bertz CT molecular complexity index is 1520. The summed E-state index contributed by atoms with van der Waals surface area (Å²) in [5, 5.41) is 12.9. The lowest BCUT2D eigenvalue weighted by Gasteiger charge is -2.15. The summed E-state index contributed by atoms with van der Waals surface area (Å²) < 4.78 is 49.3. The number of alkyl halides is 3. The van der Waals surface area contributed by atoms with Crippen LogP contribution in [0.25, 0.3) is 22.4 Å². The Kier molecular flexibility index (Phi) is 8.36. The first-order valence-corrected chi connectivity index (χ1v) is 12.4. The van der Waals surface area contributed by atoms with Gasteiger partial charge in [0.25, 0.3) is 0 Å². The van der Waals surface area contributed by atoms with Crippen LogP contribution < -0.4 is 14.8 Å². The van der Waals surface area contributed by atoms with E-state index < -0.39 is 17.6 Å². The largest absolute Gasteiger partial charge is 0.497 e. The molecule has 39 heavy (non-hydrogen) atoms. The van der Waals surface area contributed by atoms with Gasteiger partial charge in [-0.15, -0.1) is 0 Å². The van der Waals surface area contributed by atoms with E-state index in [1.165, 1.54) is 14.2 Å². The Morgan fingerprint density at radius 1 is 1.03 bits per heavy atom. The van der Waals surface area contributed by atoms with Crippen LogP contribution in [0.5, 0.6) is 11.5 Å². The number of nitrogens with zero attached hydrogens (tertiary/aromatic N) is 3. The summed E-state index contributed by atoms with van der Waals surface area (Å²) in [6.07, 6.45) is -3.88. The number of carbonyl (C=O) groups excluding carboxylic acids is 1. The minimum atomic E-state index is -4.53. The van der Waals surface area contributed by atoms with E-state index in [-0.39, 0.29) is 17.1 Å². The molecule has 0 aliphatic carbocycles. The molecule has 2 aromatic heterocycles. The molecule has 0 atom stereocenters. The van der Waals surface area contributed by atoms with Gasteiger partial charge >= 0.3 is 6.18 Å². The number of hydrogen-bond acceptors (Lipinski definition) is 7. The molecule has 0 radical (unpaired) electrons. The van der Waals surface area contributed by atoms with Crippen LogP contribution in [0.1, 0.15) is 11.1 Å². The second-order valence-corrected chi connectivity index (χ2v) is 9.01. The van der Waals surface area contributed by atoms with Gasteiger partial charge in [-0.1, -0.05) is 42.1 Å². The molecule has 0 aliphatic heterocycles. The van der Waals surface area contributed by atoms with Crippen molar-refractivity contribution < 1.29 is 27.4 Å². The van der Waals surface area contributed by atoms with Crippen molar-refractivity contribution in [2.75, 3.05) is 25.3 Å². The normalized spacial score (nSPS) is 11.0. The molecular formula is C28H21F3N4O3S. The first-order valence-electron chi connectivity index (χ1n) is 11.4. The van der Waals surface area contributed by atoms with Crippen LogP contribution in [-0.4, -0.2) is 35.8 Å². The second-order valence-electron chi connectivity index (χ2n) is 8.05. The number of nitriles is 1. The van der Waals surface area contributed by atoms with Crippen LogP contribution in [-0.2, 0) is 11.0 Å². The number of thioether (sulfide) groups is 1. The van der Waals surface area contributed by atoms with E-state index in [9.17, 15) is 23.2 Å². The van der Waals surface area contributed by atoms with Crippen molar-refractivity contribution in [1.29, 1.82) is 5.26 Å². The zero-order valence-corrected chi connectivity index (χ0v) is 21.6. The van der Waals surface area contributed by atoms with E-state index in [2.05, 4.69) is 21.4 Å². The van der Waals surface area contributed by atoms with Crippen molar-refractivity contribution in [2.45, 2.75) is 11.2 Å². The predicted molar refractivity (Wildman–Crippen MR) is 142 cm³/mol. The third-order valence-electron chi connectivity index (χ3n) is 5.56. The molecule has 0 saturated carbocycles. The summed E-state index contributed by atoms with van der Waals surface area (Å²) >= 11 is 1.02. The fourth-order valence-electron chi connectivity index (χ4n) is 3.68. The van der Waals surface area contributed by atoms with Crippen LogP contribution in [0.3, 0.4) is 0 Å². The third-order valence-corrected chi connectivity index (χ3v) is 6.54. The predicted octanol–water partition coefficient (Wildman–Crippen LogP) is 6.45. The lowest BCUT2D eigenvalue weighted by Crippen LogP contribution is -2.16. The minimum absolute atomic E-state index is 0.0260. The van der Waals surface area contributed by atoms with Crippen molar-refractivity contribution in [3.05, 3.63) is 84.1 Å². The number of benzene rings is 2. The second kappa shape index (κ2) is 11.9. The smallest absolute Gasteiger partial charge is 0.417 e. The molecule has 0 aliphatic rings. The zero-order chi connectivity index (χ0) is 28.0. The van der Waals surface area contributed by atoms with E-state index in [4.69, 9.17) is 9.47 Å². The molecule has 0 spiro atoms. The fraction of sp³-hybridized carbons (Fsp3) is 0.143. The van der Waals surface area contributed by atoms with E-state index in [0.29, 0.717) is 39.5 Å². The van der Waals surface area contributed by atoms with Gasteiger partial charge in [0.2, 0.25) is 5.91 Å². The lowest BCUT2D eigenvalue weighted by molar-refractivity contribution is -0.137. The van der Waals surface area contributed by atoms with Gasteiger partial charge in [-0.2, -0.15) is 18.4 Å². The standard InChI is InChI=1S/C28H21F3N4O3S/c1-37-19-9-10-24(38-2)21(12-19)20-13-23(17-6-4-3-5-7-17)34-27(22(20)14-32)39-16-26(36)35-25-11-8-18(15-33-25)28(29,30)31/h3-13,15H,16H2,1-2H3,(H,33,35,36). The van der Waals surface area contributed by atoms with Crippen LogP contribution in [0.4, 0.5) is 19.0 Å². The molecule has 11 heteroatoms. The topological polar surface area (TPSA) is 97.1 Å². The number of halogens is 3. The first-order chi connectivity index (χ1) is 18.7. The zero-order valence-electron chi connectivity index (χ0n) is 20.7. The summed E-state index contributed by atoms with van der Waals surface area (Å²) in [6.45, 7) is 0. The molecule has 0 unspecified atom stereocenters. The van der Waals surface area contributed by atoms with Crippen molar-refractivity contribution in [2.24, 2.45) is 0 Å². The average Bonchev–Trinajstić information content (AvgIpc) is 2.95. The first kappa shape index (κ1) is 27.5. The molecule has 0 bridgehead atoms. The number of amides is 1. The van der Waals surface area contributed by atoms with Gasteiger partial charge in [-0.25, -0.2) is 9.97 Å². The van der Waals surface area contributed by atoms with Gasteiger partial charge in [-0.3, -0.25) is 4.79 Å². The van der Waals surface area contributed by atoms with Gasteiger partial charge in [0.1, 0.15) is 28.4 Å². The van der Waals surface area contributed by atoms with E-state index >= 15 is 0 Å². The maximum Gasteiger partial charge on any atom is 0.417 e.